The Morgan fingerprint density at radius 1 is 1.31 bits per heavy atom. The molecule has 1 unspecified atom stereocenters. The third-order valence-electron chi connectivity index (χ3n) is 2.20. The molecule has 0 fully saturated rings. The molecule has 0 saturated heterocycles. The number of halogens is 1. The summed E-state index contributed by atoms with van der Waals surface area (Å²) < 4.78 is 28.6. The molecule has 3 nitrogen and oxygen atoms in total. The van der Waals surface area contributed by atoms with Crippen LogP contribution in [-0.2, 0) is 14.3 Å². The lowest BCUT2D eigenvalue weighted by Gasteiger charge is -2.12. The Morgan fingerprint density at radius 2 is 1.88 bits per heavy atom. The predicted octanol–water partition coefficient (Wildman–Crippen LogP) is 2.72. The van der Waals surface area contributed by atoms with E-state index in [0.717, 1.165) is 5.56 Å². The van der Waals surface area contributed by atoms with Gasteiger partial charge in [-0.25, -0.2) is 0 Å². The average molecular weight is 263 g/mol. The van der Waals surface area contributed by atoms with Gasteiger partial charge in [0.15, 0.2) is 0 Å². The lowest BCUT2D eigenvalue weighted by molar-refractivity contribution is 0.227. The Morgan fingerprint density at radius 3 is 2.31 bits per heavy atom. The number of benzene rings is 1. The van der Waals surface area contributed by atoms with Gasteiger partial charge in [-0.2, -0.15) is 8.42 Å². The second kappa shape index (κ2) is 5.66. The Labute approximate surface area is 102 Å². The quantitative estimate of drug-likeness (QED) is 0.605. The molecule has 0 aliphatic carbocycles. The number of hydrogen-bond acceptors (Lipinski definition) is 3. The van der Waals surface area contributed by atoms with Gasteiger partial charge in [-0.05, 0) is 25.5 Å². The topological polar surface area (TPSA) is 43.4 Å². The van der Waals surface area contributed by atoms with Gasteiger partial charge in [0, 0.05) is 0 Å². The summed E-state index contributed by atoms with van der Waals surface area (Å²) in [5, 5.41) is 0. The van der Waals surface area contributed by atoms with Crippen LogP contribution in [0.3, 0.4) is 0 Å². The Bertz CT molecular complexity index is 421. The van der Waals surface area contributed by atoms with Crippen LogP contribution in [0.15, 0.2) is 29.2 Å². The van der Waals surface area contributed by atoms with Crippen molar-refractivity contribution in [2.75, 3.05) is 5.88 Å². The van der Waals surface area contributed by atoms with Crippen molar-refractivity contribution in [3.05, 3.63) is 29.8 Å². The highest BCUT2D eigenvalue weighted by Gasteiger charge is 2.19. The van der Waals surface area contributed by atoms with Crippen molar-refractivity contribution < 1.29 is 12.6 Å². The van der Waals surface area contributed by atoms with E-state index in [9.17, 15) is 8.42 Å². The standard InChI is InChI=1S/C11H15ClO3S/c1-3-10(8-12)15-16(13,14)11-6-4-9(2)5-7-11/h4-7,10H,3,8H2,1-2H3. The maximum Gasteiger partial charge on any atom is 0.297 e. The summed E-state index contributed by atoms with van der Waals surface area (Å²) in [5.41, 5.74) is 1.00. The fraction of sp³-hybridized carbons (Fsp3) is 0.455. The van der Waals surface area contributed by atoms with E-state index in [1.807, 2.05) is 13.8 Å². The Kier molecular flexibility index (Phi) is 4.77. The highest BCUT2D eigenvalue weighted by molar-refractivity contribution is 7.86. The molecule has 0 N–H and O–H groups in total. The van der Waals surface area contributed by atoms with Crippen LogP contribution in [0.25, 0.3) is 0 Å². The summed E-state index contributed by atoms with van der Waals surface area (Å²) in [7, 11) is -3.68. The van der Waals surface area contributed by atoms with Crippen LogP contribution in [0.2, 0.25) is 0 Å². The number of aryl methyl sites for hydroxylation is 1. The average Bonchev–Trinajstić information content (AvgIpc) is 2.26. The molecule has 0 spiro atoms. The fourth-order valence-corrected chi connectivity index (χ4v) is 2.64. The van der Waals surface area contributed by atoms with Crippen molar-refractivity contribution in [2.24, 2.45) is 0 Å². The van der Waals surface area contributed by atoms with Gasteiger partial charge in [0.1, 0.15) is 0 Å². The maximum atomic E-state index is 11.8. The second-order valence-electron chi connectivity index (χ2n) is 3.55. The zero-order valence-corrected chi connectivity index (χ0v) is 10.9. The molecule has 0 radical (unpaired) electrons. The van der Waals surface area contributed by atoms with Crippen molar-refractivity contribution in [3.8, 4) is 0 Å². The first-order valence-electron chi connectivity index (χ1n) is 5.05. The molecule has 16 heavy (non-hydrogen) atoms. The van der Waals surface area contributed by atoms with Gasteiger partial charge in [0.05, 0.1) is 16.9 Å². The zero-order chi connectivity index (χ0) is 12.2. The summed E-state index contributed by atoms with van der Waals surface area (Å²) in [5.74, 6) is 0.168. The second-order valence-corrected chi connectivity index (χ2v) is 5.43. The van der Waals surface area contributed by atoms with Gasteiger partial charge in [-0.3, -0.25) is 4.18 Å². The molecule has 1 atom stereocenters. The first kappa shape index (κ1) is 13.5. The largest absolute Gasteiger partial charge is 0.297 e. The van der Waals surface area contributed by atoms with Crippen LogP contribution in [0.4, 0.5) is 0 Å². The maximum absolute atomic E-state index is 11.8. The highest BCUT2D eigenvalue weighted by atomic mass is 35.5. The minimum absolute atomic E-state index is 0.168. The summed E-state index contributed by atoms with van der Waals surface area (Å²) in [6.07, 6.45) is 0.0992. The third kappa shape index (κ3) is 3.47. The molecular formula is C11H15ClO3S. The van der Waals surface area contributed by atoms with E-state index in [-0.39, 0.29) is 10.8 Å². The van der Waals surface area contributed by atoms with Crippen LogP contribution in [-0.4, -0.2) is 20.4 Å². The highest BCUT2D eigenvalue weighted by Crippen LogP contribution is 2.16. The molecule has 1 aromatic rings. The number of alkyl halides is 1. The van der Waals surface area contributed by atoms with Crippen molar-refractivity contribution in [1.82, 2.24) is 0 Å². The van der Waals surface area contributed by atoms with Crippen LogP contribution in [0.1, 0.15) is 18.9 Å². The Hall–Kier alpha value is -0.580. The van der Waals surface area contributed by atoms with E-state index in [1.54, 1.807) is 12.1 Å². The van der Waals surface area contributed by atoms with Crippen LogP contribution in [0, 0.1) is 6.92 Å². The lowest BCUT2D eigenvalue weighted by atomic mass is 10.2. The summed E-state index contributed by atoms with van der Waals surface area (Å²) >= 11 is 5.60. The smallest absolute Gasteiger partial charge is 0.262 e. The Balaban J connectivity index is 2.89. The van der Waals surface area contributed by atoms with E-state index >= 15 is 0 Å². The van der Waals surface area contributed by atoms with Gasteiger partial charge < -0.3 is 0 Å². The lowest BCUT2D eigenvalue weighted by Crippen LogP contribution is -2.19. The van der Waals surface area contributed by atoms with Gasteiger partial charge >= 0.3 is 0 Å². The first-order chi connectivity index (χ1) is 7.49. The zero-order valence-electron chi connectivity index (χ0n) is 9.31. The molecular weight excluding hydrogens is 248 g/mol. The SMILES string of the molecule is CCC(CCl)OS(=O)(=O)c1ccc(C)cc1. The molecule has 0 heterocycles. The molecule has 1 rings (SSSR count). The van der Waals surface area contributed by atoms with Crippen LogP contribution < -0.4 is 0 Å². The van der Waals surface area contributed by atoms with Crippen molar-refractivity contribution >= 4 is 21.7 Å². The van der Waals surface area contributed by atoms with E-state index < -0.39 is 16.2 Å². The molecule has 5 heteroatoms. The molecule has 0 saturated carbocycles. The molecule has 0 aliphatic rings. The van der Waals surface area contributed by atoms with Crippen LogP contribution >= 0.6 is 11.6 Å². The molecule has 0 amide bonds. The number of hydrogen-bond donors (Lipinski definition) is 0. The van der Waals surface area contributed by atoms with E-state index in [0.29, 0.717) is 6.42 Å². The van der Waals surface area contributed by atoms with Gasteiger partial charge in [-0.15, -0.1) is 11.6 Å². The van der Waals surface area contributed by atoms with Crippen molar-refractivity contribution in [3.63, 3.8) is 0 Å². The molecule has 1 aromatic carbocycles. The molecule has 90 valence electrons. The predicted molar refractivity (Wildman–Crippen MR) is 64.2 cm³/mol. The van der Waals surface area contributed by atoms with Gasteiger partial charge in [-0.1, -0.05) is 24.6 Å². The minimum atomic E-state index is -3.68. The van der Waals surface area contributed by atoms with Crippen molar-refractivity contribution in [1.29, 1.82) is 0 Å². The normalized spacial score (nSPS) is 13.7. The summed E-state index contributed by atoms with van der Waals surface area (Å²) in [4.78, 5) is 0.168. The van der Waals surface area contributed by atoms with E-state index in [1.165, 1.54) is 12.1 Å². The summed E-state index contributed by atoms with van der Waals surface area (Å²) in [6.45, 7) is 3.72. The molecule has 0 aromatic heterocycles. The van der Waals surface area contributed by atoms with Crippen molar-refractivity contribution in [2.45, 2.75) is 31.3 Å². The molecule has 0 bridgehead atoms. The van der Waals surface area contributed by atoms with Crippen LogP contribution in [0.5, 0.6) is 0 Å². The minimum Gasteiger partial charge on any atom is -0.262 e. The third-order valence-corrected chi connectivity index (χ3v) is 3.92. The number of rotatable bonds is 5. The monoisotopic (exact) mass is 262 g/mol. The fourth-order valence-electron chi connectivity index (χ4n) is 1.14. The van der Waals surface area contributed by atoms with E-state index in [4.69, 9.17) is 15.8 Å². The van der Waals surface area contributed by atoms with Gasteiger partial charge in [0.2, 0.25) is 0 Å². The van der Waals surface area contributed by atoms with Gasteiger partial charge in [0.25, 0.3) is 10.1 Å². The van der Waals surface area contributed by atoms with E-state index in [2.05, 4.69) is 0 Å². The molecule has 0 aliphatic heterocycles. The first-order valence-corrected chi connectivity index (χ1v) is 6.99. The summed E-state index contributed by atoms with van der Waals surface area (Å²) in [6, 6.07) is 6.53.